The molecule has 1 saturated heterocycles. The van der Waals surface area contributed by atoms with E-state index in [-0.39, 0.29) is 17.8 Å². The van der Waals surface area contributed by atoms with Crippen molar-refractivity contribution in [3.05, 3.63) is 39.9 Å². The first kappa shape index (κ1) is 15.2. The van der Waals surface area contributed by atoms with E-state index in [2.05, 4.69) is 0 Å². The Labute approximate surface area is 116 Å². The summed E-state index contributed by atoms with van der Waals surface area (Å²) in [4.78, 5) is 22.8. The second-order valence-corrected chi connectivity index (χ2v) is 4.81. The van der Waals surface area contributed by atoms with Gasteiger partial charge in [-0.15, -0.1) is 0 Å². The molecule has 0 aromatic heterocycles. The molecule has 2 rings (SSSR count). The number of amides is 1. The van der Waals surface area contributed by atoms with Crippen molar-refractivity contribution in [3.8, 4) is 0 Å². The molecule has 1 N–H and O–H groups in total. The summed E-state index contributed by atoms with van der Waals surface area (Å²) in [5.74, 6) is -0.779. The molecule has 0 radical (unpaired) electrons. The third-order valence-electron chi connectivity index (χ3n) is 3.37. The molecule has 0 aliphatic carbocycles. The molecule has 0 saturated carbocycles. The maximum absolute atomic E-state index is 12.7. The fraction of sp³-hybridized carbons (Fsp3) is 0.417. The Morgan fingerprint density at radius 2 is 2.10 bits per heavy atom. The monoisotopic (exact) mass is 304 g/mol. The van der Waals surface area contributed by atoms with Gasteiger partial charge < -0.3 is 10.0 Å². The standard InChI is InChI=1S/C12H11F3N2O4/c13-12(14,15)11(19)4-5-16(7-11)10(18)8-2-1-3-9(6-8)17(20)21/h1-3,6,19H,4-5,7H2/t11-/m1/s1. The Hall–Kier alpha value is -2.16. The lowest BCUT2D eigenvalue weighted by Gasteiger charge is -2.25. The van der Waals surface area contributed by atoms with Crippen LogP contribution >= 0.6 is 0 Å². The highest BCUT2D eigenvalue weighted by Gasteiger charge is 2.57. The Bertz CT molecular complexity index is 590. The molecule has 1 amide bonds. The highest BCUT2D eigenvalue weighted by atomic mass is 19.4. The minimum Gasteiger partial charge on any atom is -0.379 e. The molecule has 1 aromatic rings. The predicted octanol–water partition coefficient (Wildman–Crippen LogP) is 1.73. The van der Waals surface area contributed by atoms with Gasteiger partial charge in [0.25, 0.3) is 11.6 Å². The average Bonchev–Trinajstić information content (AvgIpc) is 2.81. The molecule has 1 fully saturated rings. The van der Waals surface area contributed by atoms with Crippen molar-refractivity contribution in [2.75, 3.05) is 13.1 Å². The summed E-state index contributed by atoms with van der Waals surface area (Å²) in [5.41, 5.74) is -3.34. The Morgan fingerprint density at radius 3 is 2.62 bits per heavy atom. The predicted molar refractivity (Wildman–Crippen MR) is 64.6 cm³/mol. The normalized spacial score (nSPS) is 22.4. The minimum atomic E-state index is -4.83. The lowest BCUT2D eigenvalue weighted by molar-refractivity contribution is -0.384. The van der Waals surface area contributed by atoms with Crippen molar-refractivity contribution in [1.29, 1.82) is 0 Å². The van der Waals surface area contributed by atoms with Gasteiger partial charge in [-0.25, -0.2) is 0 Å². The first-order valence-corrected chi connectivity index (χ1v) is 5.97. The number of non-ortho nitro benzene ring substituents is 1. The third-order valence-corrected chi connectivity index (χ3v) is 3.37. The number of benzene rings is 1. The van der Waals surface area contributed by atoms with Crippen LogP contribution in [0.25, 0.3) is 0 Å². The Morgan fingerprint density at radius 1 is 1.43 bits per heavy atom. The molecule has 114 valence electrons. The van der Waals surface area contributed by atoms with E-state index >= 15 is 0 Å². The minimum absolute atomic E-state index is 0.0874. The number of nitro benzene ring substituents is 1. The fourth-order valence-electron chi connectivity index (χ4n) is 2.13. The third kappa shape index (κ3) is 2.82. The zero-order valence-electron chi connectivity index (χ0n) is 10.6. The van der Waals surface area contributed by atoms with Crippen LogP contribution in [0, 0.1) is 10.1 Å². The zero-order chi connectivity index (χ0) is 15.8. The van der Waals surface area contributed by atoms with Gasteiger partial charge in [-0.2, -0.15) is 13.2 Å². The van der Waals surface area contributed by atoms with Gasteiger partial charge in [0.15, 0.2) is 5.60 Å². The van der Waals surface area contributed by atoms with Crippen LogP contribution in [-0.2, 0) is 0 Å². The Kier molecular flexibility index (Phi) is 3.62. The number of halogens is 3. The van der Waals surface area contributed by atoms with Crippen LogP contribution in [0.2, 0.25) is 0 Å². The van der Waals surface area contributed by atoms with E-state index in [0.29, 0.717) is 0 Å². The van der Waals surface area contributed by atoms with E-state index in [9.17, 15) is 33.2 Å². The summed E-state index contributed by atoms with van der Waals surface area (Å²) in [5, 5.41) is 20.1. The van der Waals surface area contributed by atoms with E-state index in [1.54, 1.807) is 0 Å². The van der Waals surface area contributed by atoms with Crippen molar-refractivity contribution in [3.63, 3.8) is 0 Å². The van der Waals surface area contributed by atoms with E-state index in [4.69, 9.17) is 0 Å². The highest BCUT2D eigenvalue weighted by Crippen LogP contribution is 2.38. The van der Waals surface area contributed by atoms with Gasteiger partial charge in [0.2, 0.25) is 0 Å². The summed E-state index contributed by atoms with van der Waals surface area (Å²) >= 11 is 0. The molecular weight excluding hydrogens is 293 g/mol. The molecule has 1 atom stereocenters. The summed E-state index contributed by atoms with van der Waals surface area (Å²) in [6.07, 6.45) is -5.44. The van der Waals surface area contributed by atoms with Crippen molar-refractivity contribution >= 4 is 11.6 Å². The molecule has 9 heteroatoms. The van der Waals surface area contributed by atoms with Crippen molar-refractivity contribution in [2.45, 2.75) is 18.2 Å². The smallest absolute Gasteiger partial charge is 0.379 e. The second kappa shape index (κ2) is 4.99. The van der Waals surface area contributed by atoms with Crippen LogP contribution in [0.5, 0.6) is 0 Å². The zero-order valence-corrected chi connectivity index (χ0v) is 10.6. The van der Waals surface area contributed by atoms with Crippen LogP contribution in [0.3, 0.4) is 0 Å². The van der Waals surface area contributed by atoms with Crippen LogP contribution in [0.15, 0.2) is 24.3 Å². The van der Waals surface area contributed by atoms with Gasteiger partial charge in [0.1, 0.15) is 0 Å². The van der Waals surface area contributed by atoms with E-state index in [1.165, 1.54) is 18.2 Å². The van der Waals surface area contributed by atoms with Gasteiger partial charge in [-0.1, -0.05) is 6.07 Å². The molecule has 1 heterocycles. The van der Waals surface area contributed by atoms with E-state index in [0.717, 1.165) is 11.0 Å². The molecule has 1 aliphatic heterocycles. The van der Waals surface area contributed by atoms with Crippen molar-refractivity contribution in [1.82, 2.24) is 4.90 Å². The van der Waals surface area contributed by atoms with Crippen LogP contribution < -0.4 is 0 Å². The Balaban J connectivity index is 2.19. The molecule has 6 nitrogen and oxygen atoms in total. The maximum atomic E-state index is 12.7. The van der Waals surface area contributed by atoms with Gasteiger partial charge in [-0.05, 0) is 6.07 Å². The van der Waals surface area contributed by atoms with Crippen molar-refractivity contribution < 1.29 is 28.0 Å². The average molecular weight is 304 g/mol. The van der Waals surface area contributed by atoms with Crippen LogP contribution in [0.4, 0.5) is 18.9 Å². The van der Waals surface area contributed by atoms with Crippen LogP contribution in [0.1, 0.15) is 16.8 Å². The van der Waals surface area contributed by atoms with E-state index < -0.39 is 35.6 Å². The van der Waals surface area contributed by atoms with Gasteiger partial charge in [0, 0.05) is 30.7 Å². The maximum Gasteiger partial charge on any atom is 0.419 e. The lowest BCUT2D eigenvalue weighted by Crippen LogP contribution is -2.48. The SMILES string of the molecule is O=C(c1cccc([N+](=O)[O-])c1)N1CC[C@](O)(C(F)(F)F)C1. The van der Waals surface area contributed by atoms with Gasteiger partial charge in [-0.3, -0.25) is 14.9 Å². The molecule has 0 spiro atoms. The second-order valence-electron chi connectivity index (χ2n) is 4.81. The molecular formula is C12H11F3N2O4. The number of rotatable bonds is 2. The first-order valence-electron chi connectivity index (χ1n) is 5.97. The highest BCUT2D eigenvalue weighted by molar-refractivity contribution is 5.95. The number of hydrogen-bond donors (Lipinski definition) is 1. The summed E-state index contributed by atoms with van der Waals surface area (Å²) in [6.45, 7) is -1.14. The first-order chi connectivity index (χ1) is 9.64. The fourth-order valence-corrected chi connectivity index (χ4v) is 2.13. The number of hydrogen-bond acceptors (Lipinski definition) is 4. The number of nitro groups is 1. The molecule has 1 aliphatic rings. The summed E-state index contributed by atoms with van der Waals surface area (Å²) < 4.78 is 38.0. The quantitative estimate of drug-likeness (QED) is 0.666. The van der Waals surface area contributed by atoms with Crippen LogP contribution in [-0.4, -0.2) is 45.7 Å². The van der Waals surface area contributed by atoms with Crippen molar-refractivity contribution in [2.24, 2.45) is 0 Å². The number of carbonyl (C=O) groups is 1. The summed E-state index contributed by atoms with van der Waals surface area (Å²) in [7, 11) is 0. The molecule has 0 unspecified atom stereocenters. The number of nitrogens with zero attached hydrogens (tertiary/aromatic N) is 2. The van der Waals surface area contributed by atoms with E-state index in [1.807, 2.05) is 0 Å². The van der Waals surface area contributed by atoms with Gasteiger partial charge >= 0.3 is 6.18 Å². The molecule has 0 bridgehead atoms. The largest absolute Gasteiger partial charge is 0.419 e. The topological polar surface area (TPSA) is 83.7 Å². The number of β-amino-alcohol motifs (C(OH)–C–C–N with tert-alkyl or cyclic N) is 1. The number of alkyl halides is 3. The number of likely N-dealkylation sites (tertiary alicyclic amines) is 1. The van der Waals surface area contributed by atoms with Gasteiger partial charge in [0.05, 0.1) is 11.5 Å². The molecule has 21 heavy (non-hydrogen) atoms. The number of aliphatic hydroxyl groups is 1. The summed E-state index contributed by atoms with van der Waals surface area (Å²) in [6, 6.07) is 4.72. The number of carbonyl (C=O) groups excluding carboxylic acids is 1. The lowest BCUT2D eigenvalue weighted by atomic mass is 10.0. The molecule has 1 aromatic carbocycles.